The molecule has 9 nitrogen and oxygen atoms in total. The molecule has 1 aromatic heterocycles. The minimum Gasteiger partial charge on any atom is -0.494 e. The van der Waals surface area contributed by atoms with E-state index in [0.29, 0.717) is 29.9 Å². The van der Waals surface area contributed by atoms with Crippen molar-refractivity contribution in [3.8, 4) is 5.75 Å². The van der Waals surface area contributed by atoms with Crippen LogP contribution in [0.3, 0.4) is 0 Å². The molecule has 5 rings (SSSR count). The first-order valence-electron chi connectivity index (χ1n) is 11.1. The number of non-ortho nitro benzene ring substituents is 1. The molecule has 3 aromatic rings. The van der Waals surface area contributed by atoms with Gasteiger partial charge in [0.15, 0.2) is 5.78 Å². The molecule has 2 aliphatic rings. The number of benzene rings is 2. The molecule has 1 aliphatic heterocycles. The fraction of sp³-hybridized carbons (Fsp3) is 0.292. The highest BCUT2D eigenvalue weighted by Crippen LogP contribution is 2.43. The van der Waals surface area contributed by atoms with Crippen LogP contribution in [0.2, 0.25) is 0 Å². The van der Waals surface area contributed by atoms with Crippen molar-refractivity contribution < 1.29 is 14.5 Å². The number of thioether (sulfide) groups is 1. The number of hydrogen-bond donors (Lipinski definition) is 1. The largest absolute Gasteiger partial charge is 0.494 e. The van der Waals surface area contributed by atoms with Crippen molar-refractivity contribution in [2.75, 3.05) is 11.9 Å². The second-order valence-electron chi connectivity index (χ2n) is 8.04. The summed E-state index contributed by atoms with van der Waals surface area (Å²) >= 11 is 1.44. The third kappa shape index (κ3) is 4.16. The number of nitrogens with one attached hydrogen (secondary N) is 1. The van der Waals surface area contributed by atoms with Gasteiger partial charge in [0, 0.05) is 41.1 Å². The normalized spacial score (nSPS) is 17.1. The molecule has 34 heavy (non-hydrogen) atoms. The lowest BCUT2D eigenvalue weighted by Crippen LogP contribution is -2.31. The number of anilines is 1. The third-order valence-electron chi connectivity index (χ3n) is 5.88. The molecular formula is C24H23N5O4S. The van der Waals surface area contributed by atoms with Gasteiger partial charge in [-0.05, 0) is 31.4 Å². The van der Waals surface area contributed by atoms with Crippen molar-refractivity contribution in [3.63, 3.8) is 0 Å². The lowest BCUT2D eigenvalue weighted by Gasteiger charge is -2.32. The smallest absolute Gasteiger partial charge is 0.269 e. The summed E-state index contributed by atoms with van der Waals surface area (Å²) in [4.78, 5) is 28.2. The highest BCUT2D eigenvalue weighted by Gasteiger charge is 2.38. The maximum absolute atomic E-state index is 13.0. The Kier molecular flexibility index (Phi) is 6.06. The van der Waals surface area contributed by atoms with Crippen molar-refractivity contribution in [1.29, 1.82) is 0 Å². The van der Waals surface area contributed by atoms with Crippen molar-refractivity contribution in [2.45, 2.75) is 43.1 Å². The number of aromatic nitrogens is 3. The van der Waals surface area contributed by atoms with E-state index in [-0.39, 0.29) is 11.5 Å². The second kappa shape index (κ2) is 9.30. The molecule has 0 fully saturated rings. The number of carbonyl (C=O) groups excluding carboxylic acids is 1. The van der Waals surface area contributed by atoms with Crippen molar-refractivity contribution >= 4 is 29.2 Å². The Labute approximate surface area is 200 Å². The molecule has 10 heteroatoms. The molecule has 2 heterocycles. The summed E-state index contributed by atoms with van der Waals surface area (Å²) in [6, 6.07) is 13.8. The molecule has 0 unspecified atom stereocenters. The predicted octanol–water partition coefficient (Wildman–Crippen LogP) is 4.90. The van der Waals surface area contributed by atoms with E-state index in [2.05, 4.69) is 10.3 Å². The SMILES string of the molecule is CCOc1ccccc1[C@@H]1C2=C(CCCC2=O)Nc2nc(SCc3ccc([N+](=O)[O-])cc3)nn21. The molecule has 0 radical (unpaired) electrons. The molecule has 0 saturated carbocycles. The number of nitro groups is 1. The Bertz CT molecular complexity index is 1280. The van der Waals surface area contributed by atoms with Crippen molar-refractivity contribution in [2.24, 2.45) is 0 Å². The first-order valence-corrected chi connectivity index (χ1v) is 12.1. The van der Waals surface area contributed by atoms with Crippen LogP contribution in [0.25, 0.3) is 0 Å². The number of hydrogen-bond acceptors (Lipinski definition) is 8. The van der Waals surface area contributed by atoms with Crippen LogP contribution < -0.4 is 10.1 Å². The fourth-order valence-corrected chi connectivity index (χ4v) is 5.13. The summed E-state index contributed by atoms with van der Waals surface area (Å²) in [6.07, 6.45) is 2.10. The average molecular weight is 478 g/mol. The summed E-state index contributed by atoms with van der Waals surface area (Å²) in [5, 5.41) is 19.5. The number of ketones is 1. The summed E-state index contributed by atoms with van der Waals surface area (Å²) in [5.41, 5.74) is 3.50. The maximum atomic E-state index is 13.0. The topological polar surface area (TPSA) is 112 Å². The zero-order valence-electron chi connectivity index (χ0n) is 18.6. The van der Waals surface area contributed by atoms with Crippen molar-refractivity contribution in [1.82, 2.24) is 14.8 Å². The van der Waals surface area contributed by atoms with E-state index in [0.717, 1.165) is 41.0 Å². The highest BCUT2D eigenvalue weighted by molar-refractivity contribution is 7.98. The first kappa shape index (κ1) is 22.1. The molecular weight excluding hydrogens is 454 g/mol. The predicted molar refractivity (Wildman–Crippen MR) is 128 cm³/mol. The lowest BCUT2D eigenvalue weighted by atomic mass is 9.85. The van der Waals surface area contributed by atoms with Crippen LogP contribution in [-0.4, -0.2) is 32.1 Å². The Balaban J connectivity index is 1.48. The van der Waals surface area contributed by atoms with Crippen LogP contribution in [0.1, 0.15) is 43.4 Å². The van der Waals surface area contributed by atoms with Crippen molar-refractivity contribution in [3.05, 3.63) is 81.0 Å². The van der Waals surface area contributed by atoms with E-state index in [1.807, 2.05) is 31.2 Å². The number of fused-ring (bicyclic) bond motifs is 1. The Morgan fingerprint density at radius 2 is 2.00 bits per heavy atom. The molecule has 0 bridgehead atoms. The van der Waals surface area contributed by atoms with E-state index in [1.54, 1.807) is 16.8 Å². The van der Waals surface area contributed by atoms with Crippen LogP contribution in [-0.2, 0) is 10.5 Å². The minimum absolute atomic E-state index is 0.0608. The standard InChI is InChI=1S/C24H23N5O4S/c1-2-33-20-9-4-3-6-17(20)22-21-18(7-5-8-19(21)30)25-23-26-24(27-28(22)23)34-14-15-10-12-16(13-11-15)29(31)32/h3-4,6,9-13,22H,2,5,7-8,14H2,1H3,(H,25,26,27)/t22-/m1/s1. The van der Waals surface area contributed by atoms with E-state index < -0.39 is 11.0 Å². The summed E-state index contributed by atoms with van der Waals surface area (Å²) in [7, 11) is 0. The zero-order chi connectivity index (χ0) is 23.7. The average Bonchev–Trinajstić information content (AvgIpc) is 3.25. The molecule has 1 atom stereocenters. The second-order valence-corrected chi connectivity index (χ2v) is 8.98. The maximum Gasteiger partial charge on any atom is 0.269 e. The number of Topliss-reactive ketones (excluding diaryl/α,β-unsaturated/α-hetero) is 1. The molecule has 2 aromatic carbocycles. The number of ether oxygens (including phenoxy) is 1. The van der Waals surface area contributed by atoms with Gasteiger partial charge in [-0.3, -0.25) is 14.9 Å². The Morgan fingerprint density at radius 1 is 1.21 bits per heavy atom. The molecule has 0 amide bonds. The number of allylic oxidation sites excluding steroid dienone is 2. The summed E-state index contributed by atoms with van der Waals surface area (Å²) in [5.74, 6) is 2.00. The quantitative estimate of drug-likeness (QED) is 0.290. The summed E-state index contributed by atoms with van der Waals surface area (Å²) < 4.78 is 7.67. The number of para-hydroxylation sites is 1. The molecule has 0 spiro atoms. The van der Waals surface area contributed by atoms with Gasteiger partial charge in [0.1, 0.15) is 11.8 Å². The van der Waals surface area contributed by atoms with Gasteiger partial charge in [-0.2, -0.15) is 4.98 Å². The Morgan fingerprint density at radius 3 is 2.76 bits per heavy atom. The van der Waals surface area contributed by atoms with Gasteiger partial charge in [0.25, 0.3) is 5.69 Å². The van der Waals surface area contributed by atoms with E-state index in [9.17, 15) is 14.9 Å². The molecule has 1 N–H and O–H groups in total. The van der Waals surface area contributed by atoms with Gasteiger partial charge in [0.2, 0.25) is 11.1 Å². The number of nitro benzene ring substituents is 1. The van der Waals surface area contributed by atoms with E-state index in [4.69, 9.17) is 9.84 Å². The number of carbonyl (C=O) groups is 1. The van der Waals surface area contributed by atoms with Gasteiger partial charge < -0.3 is 10.1 Å². The van der Waals surface area contributed by atoms with Gasteiger partial charge in [-0.1, -0.05) is 42.1 Å². The van der Waals surface area contributed by atoms with E-state index in [1.165, 1.54) is 23.9 Å². The summed E-state index contributed by atoms with van der Waals surface area (Å²) in [6.45, 7) is 2.45. The lowest BCUT2D eigenvalue weighted by molar-refractivity contribution is -0.384. The van der Waals surface area contributed by atoms with E-state index >= 15 is 0 Å². The third-order valence-corrected chi connectivity index (χ3v) is 6.79. The fourth-order valence-electron chi connectivity index (χ4n) is 4.34. The first-order chi connectivity index (χ1) is 16.5. The molecule has 174 valence electrons. The van der Waals surface area contributed by atoms with Crippen LogP contribution in [0.15, 0.2) is 65.0 Å². The molecule has 1 aliphatic carbocycles. The van der Waals surface area contributed by atoms with Crippen LogP contribution in [0.4, 0.5) is 11.6 Å². The molecule has 0 saturated heterocycles. The highest BCUT2D eigenvalue weighted by atomic mass is 32.2. The minimum atomic E-state index is -0.414. The Hall–Kier alpha value is -3.66. The monoisotopic (exact) mass is 477 g/mol. The van der Waals surface area contributed by atoms with Gasteiger partial charge in [-0.25, -0.2) is 4.68 Å². The van der Waals surface area contributed by atoms with Crippen LogP contribution in [0, 0.1) is 10.1 Å². The van der Waals surface area contributed by atoms with Gasteiger partial charge >= 0.3 is 0 Å². The van der Waals surface area contributed by atoms with Gasteiger partial charge in [-0.15, -0.1) is 5.10 Å². The van der Waals surface area contributed by atoms with Crippen LogP contribution in [0.5, 0.6) is 5.75 Å². The number of rotatable bonds is 7. The zero-order valence-corrected chi connectivity index (χ0v) is 19.4. The number of nitrogens with zero attached hydrogens (tertiary/aromatic N) is 4. The van der Waals surface area contributed by atoms with Gasteiger partial charge in [0.05, 0.1) is 11.5 Å². The van der Waals surface area contributed by atoms with Crippen LogP contribution >= 0.6 is 11.8 Å².